The Kier molecular flexibility index (Phi) is 4.70. The van der Waals surface area contributed by atoms with Gasteiger partial charge in [0, 0.05) is 5.57 Å². The minimum Gasteiger partial charge on any atom is -0.366 e. The van der Waals surface area contributed by atoms with Gasteiger partial charge in [-0.2, -0.15) is 0 Å². The van der Waals surface area contributed by atoms with E-state index in [2.05, 4.69) is 27.7 Å². The zero-order valence-electron chi connectivity index (χ0n) is 8.97. The molecule has 3 nitrogen and oxygen atoms in total. The Hall–Kier alpha value is -0.830. The van der Waals surface area contributed by atoms with E-state index in [-0.39, 0.29) is 5.91 Å². The van der Waals surface area contributed by atoms with Gasteiger partial charge >= 0.3 is 0 Å². The lowest BCUT2D eigenvalue weighted by Crippen LogP contribution is -2.35. The maximum Gasteiger partial charge on any atom is 0.244 e. The van der Waals surface area contributed by atoms with Crippen molar-refractivity contribution in [1.82, 2.24) is 0 Å². The van der Waals surface area contributed by atoms with Crippen LogP contribution in [0.5, 0.6) is 0 Å². The third-order valence-electron chi connectivity index (χ3n) is 1.91. The molecule has 0 saturated carbocycles. The summed E-state index contributed by atoms with van der Waals surface area (Å²) in [5.41, 5.74) is 5.60. The first kappa shape index (κ1) is 12.2. The normalized spacial score (nSPS) is 11.3. The third-order valence-corrected chi connectivity index (χ3v) is 1.91. The van der Waals surface area contributed by atoms with Gasteiger partial charge in [-0.1, -0.05) is 6.58 Å². The van der Waals surface area contributed by atoms with Gasteiger partial charge in [-0.25, -0.2) is 0 Å². The van der Waals surface area contributed by atoms with Crippen LogP contribution in [0.15, 0.2) is 12.2 Å². The molecule has 0 aliphatic heterocycles. The Morgan fingerprint density at radius 3 is 2.23 bits per heavy atom. The number of hydrogen-bond acceptors (Lipinski definition) is 1. The van der Waals surface area contributed by atoms with Gasteiger partial charge in [-0.3, -0.25) is 4.79 Å². The van der Waals surface area contributed by atoms with Crippen molar-refractivity contribution in [2.45, 2.75) is 19.3 Å². The Balaban J connectivity index is 3.47. The number of carbonyl (C=O) groups excluding carboxylic acids is 1. The molecule has 0 aromatic rings. The van der Waals surface area contributed by atoms with E-state index in [1.807, 2.05) is 0 Å². The summed E-state index contributed by atoms with van der Waals surface area (Å²) in [5, 5.41) is 0. The number of quaternary nitrogens is 1. The SMILES string of the molecule is C=C(CCCC[N+](C)(C)C)C(N)=O. The fraction of sp³-hybridized carbons (Fsp3) is 0.700. The molecule has 76 valence electrons. The number of carbonyl (C=O) groups is 1. The molecule has 0 aliphatic carbocycles. The minimum absolute atomic E-state index is 0.370. The van der Waals surface area contributed by atoms with Crippen molar-refractivity contribution in [1.29, 1.82) is 0 Å². The van der Waals surface area contributed by atoms with Crippen LogP contribution in [-0.2, 0) is 4.79 Å². The van der Waals surface area contributed by atoms with E-state index in [0.717, 1.165) is 30.3 Å². The average Bonchev–Trinajstić information content (AvgIpc) is 1.95. The van der Waals surface area contributed by atoms with Crippen molar-refractivity contribution in [3.63, 3.8) is 0 Å². The van der Waals surface area contributed by atoms with Crippen LogP contribution >= 0.6 is 0 Å². The quantitative estimate of drug-likeness (QED) is 0.373. The van der Waals surface area contributed by atoms with Crippen molar-refractivity contribution in [2.24, 2.45) is 5.73 Å². The third kappa shape index (κ3) is 7.53. The van der Waals surface area contributed by atoms with Crippen LogP contribution in [0.1, 0.15) is 19.3 Å². The predicted octanol–water partition coefficient (Wildman–Crippen LogP) is 0.904. The van der Waals surface area contributed by atoms with E-state index >= 15 is 0 Å². The molecule has 0 atom stereocenters. The maximum absolute atomic E-state index is 10.6. The van der Waals surface area contributed by atoms with E-state index in [1.54, 1.807) is 0 Å². The average molecular weight is 185 g/mol. The van der Waals surface area contributed by atoms with Gasteiger partial charge in [0.2, 0.25) is 5.91 Å². The summed E-state index contributed by atoms with van der Waals surface area (Å²) in [6.45, 7) is 4.73. The van der Waals surface area contributed by atoms with Gasteiger partial charge in [-0.05, 0) is 19.3 Å². The molecule has 0 aromatic heterocycles. The van der Waals surface area contributed by atoms with Crippen molar-refractivity contribution in [3.8, 4) is 0 Å². The molecule has 0 fully saturated rings. The standard InChI is InChI=1S/C10H20N2O/c1-9(10(11)13)7-5-6-8-12(2,3)4/h1,5-8H2,2-4H3,(H-,11,13)/p+1. The predicted molar refractivity (Wildman–Crippen MR) is 55.1 cm³/mol. The van der Waals surface area contributed by atoms with Crippen LogP contribution in [0, 0.1) is 0 Å². The smallest absolute Gasteiger partial charge is 0.244 e. The number of amides is 1. The highest BCUT2D eigenvalue weighted by Gasteiger charge is 2.06. The van der Waals surface area contributed by atoms with Crippen LogP contribution in [0.2, 0.25) is 0 Å². The fourth-order valence-electron chi connectivity index (χ4n) is 1.05. The largest absolute Gasteiger partial charge is 0.366 e. The maximum atomic E-state index is 10.6. The number of rotatable bonds is 6. The fourth-order valence-corrected chi connectivity index (χ4v) is 1.05. The molecule has 0 rings (SSSR count). The molecular weight excluding hydrogens is 164 g/mol. The molecule has 0 spiro atoms. The zero-order valence-corrected chi connectivity index (χ0v) is 8.97. The Labute approximate surface area is 80.8 Å². The summed E-state index contributed by atoms with van der Waals surface area (Å²) in [7, 11) is 6.47. The van der Waals surface area contributed by atoms with Gasteiger partial charge in [0.05, 0.1) is 27.7 Å². The number of unbranched alkanes of at least 4 members (excludes halogenated alkanes) is 1. The van der Waals surface area contributed by atoms with Crippen molar-refractivity contribution >= 4 is 5.91 Å². The van der Waals surface area contributed by atoms with Crippen LogP contribution in [0.3, 0.4) is 0 Å². The topological polar surface area (TPSA) is 43.1 Å². The van der Waals surface area contributed by atoms with Crippen LogP contribution < -0.4 is 5.73 Å². The second-order valence-electron chi connectivity index (χ2n) is 4.44. The summed E-state index contributed by atoms with van der Waals surface area (Å²) in [4.78, 5) is 10.6. The van der Waals surface area contributed by atoms with Crippen LogP contribution in [0.4, 0.5) is 0 Å². The molecule has 0 saturated heterocycles. The van der Waals surface area contributed by atoms with E-state index < -0.39 is 0 Å². The van der Waals surface area contributed by atoms with Crippen LogP contribution in [-0.4, -0.2) is 38.1 Å². The first-order chi connectivity index (χ1) is 5.83. The van der Waals surface area contributed by atoms with Gasteiger partial charge in [0.15, 0.2) is 0 Å². The first-order valence-electron chi connectivity index (χ1n) is 4.61. The Morgan fingerprint density at radius 2 is 1.85 bits per heavy atom. The first-order valence-corrected chi connectivity index (χ1v) is 4.61. The van der Waals surface area contributed by atoms with E-state index in [0.29, 0.717) is 5.57 Å². The number of nitrogens with zero attached hydrogens (tertiary/aromatic N) is 1. The highest BCUT2D eigenvalue weighted by Crippen LogP contribution is 2.06. The minimum atomic E-state index is -0.370. The van der Waals surface area contributed by atoms with Gasteiger partial charge in [0.25, 0.3) is 0 Å². The highest BCUT2D eigenvalue weighted by atomic mass is 16.1. The summed E-state index contributed by atoms with van der Waals surface area (Å²) < 4.78 is 0.961. The summed E-state index contributed by atoms with van der Waals surface area (Å²) in [6, 6.07) is 0. The Bertz CT molecular complexity index is 192. The summed E-state index contributed by atoms with van der Waals surface area (Å²) in [5.74, 6) is -0.370. The Morgan fingerprint density at radius 1 is 1.31 bits per heavy atom. The van der Waals surface area contributed by atoms with Crippen LogP contribution in [0.25, 0.3) is 0 Å². The molecule has 0 radical (unpaired) electrons. The van der Waals surface area contributed by atoms with Crippen molar-refractivity contribution < 1.29 is 9.28 Å². The van der Waals surface area contributed by atoms with Gasteiger partial charge in [0.1, 0.15) is 0 Å². The van der Waals surface area contributed by atoms with Gasteiger partial charge in [-0.15, -0.1) is 0 Å². The van der Waals surface area contributed by atoms with Gasteiger partial charge < -0.3 is 10.2 Å². The molecule has 0 aliphatic rings. The van der Waals surface area contributed by atoms with E-state index in [1.165, 1.54) is 0 Å². The number of nitrogens with two attached hydrogens (primary N) is 1. The molecule has 2 N–H and O–H groups in total. The molecule has 0 bridgehead atoms. The molecule has 3 heteroatoms. The second kappa shape index (κ2) is 5.02. The molecule has 1 amide bonds. The number of hydrogen-bond donors (Lipinski definition) is 1. The lowest BCUT2D eigenvalue weighted by Gasteiger charge is -2.23. The number of primary amides is 1. The molecule has 0 aromatic carbocycles. The highest BCUT2D eigenvalue weighted by molar-refractivity contribution is 5.91. The monoisotopic (exact) mass is 185 g/mol. The molecule has 0 unspecified atom stereocenters. The molecule has 13 heavy (non-hydrogen) atoms. The lowest BCUT2D eigenvalue weighted by molar-refractivity contribution is -0.870. The van der Waals surface area contributed by atoms with Crippen molar-refractivity contribution in [2.75, 3.05) is 27.7 Å². The lowest BCUT2D eigenvalue weighted by atomic mass is 10.1. The van der Waals surface area contributed by atoms with E-state index in [9.17, 15) is 4.79 Å². The van der Waals surface area contributed by atoms with Crippen molar-refractivity contribution in [3.05, 3.63) is 12.2 Å². The molecule has 0 heterocycles. The van der Waals surface area contributed by atoms with E-state index in [4.69, 9.17) is 5.73 Å². The summed E-state index contributed by atoms with van der Waals surface area (Å²) in [6.07, 6.45) is 2.84. The second-order valence-corrected chi connectivity index (χ2v) is 4.44. The zero-order chi connectivity index (χ0) is 10.5. The summed E-state index contributed by atoms with van der Waals surface area (Å²) >= 11 is 0. The molecular formula is C10H21N2O+.